The number of hydrogen-bond acceptors (Lipinski definition) is 8. The highest BCUT2D eigenvalue weighted by Gasteiger charge is 2.46. The third-order valence-electron chi connectivity index (χ3n) is 3.96. The third-order valence-corrected chi connectivity index (χ3v) is 3.96. The van der Waals surface area contributed by atoms with E-state index in [1.807, 2.05) is 0 Å². The third kappa shape index (κ3) is 2.67. The van der Waals surface area contributed by atoms with E-state index in [1.54, 1.807) is 0 Å². The average Bonchev–Trinajstić information content (AvgIpc) is 3.14. The summed E-state index contributed by atoms with van der Waals surface area (Å²) in [6, 6.07) is -0.877. The van der Waals surface area contributed by atoms with E-state index in [1.165, 1.54) is 24.0 Å². The minimum Gasteiger partial charge on any atom is -0.394 e. The van der Waals surface area contributed by atoms with Gasteiger partial charge < -0.3 is 20.1 Å². The predicted molar refractivity (Wildman–Crippen MR) is 78.0 cm³/mol. The van der Waals surface area contributed by atoms with Crippen LogP contribution in [0.5, 0.6) is 0 Å². The van der Waals surface area contributed by atoms with E-state index in [9.17, 15) is 19.8 Å². The van der Waals surface area contributed by atoms with Crippen LogP contribution in [-0.2, 0) is 11.3 Å². The molecule has 130 valence electrons. The Morgan fingerprint density at radius 1 is 1.33 bits per heavy atom. The largest absolute Gasteiger partial charge is 0.394 e. The first-order valence-electron chi connectivity index (χ1n) is 7.24. The summed E-state index contributed by atoms with van der Waals surface area (Å²) in [4.78, 5) is 25.8. The van der Waals surface area contributed by atoms with Gasteiger partial charge in [0, 0.05) is 11.8 Å². The zero-order valence-corrected chi connectivity index (χ0v) is 12.7. The molecule has 1 fully saturated rings. The molecule has 0 unspecified atom stereocenters. The van der Waals surface area contributed by atoms with Crippen LogP contribution < -0.4 is 11.2 Å². The molecule has 1 saturated heterocycles. The van der Waals surface area contributed by atoms with Gasteiger partial charge in [0.15, 0.2) is 6.23 Å². The normalized spacial score (nSPS) is 26.8. The number of nitrogens with zero attached hydrogens (tertiary/aromatic N) is 4. The molecule has 2 aromatic rings. The molecular weight excluding hydrogens is 322 g/mol. The highest BCUT2D eigenvalue weighted by Crippen LogP contribution is 2.37. The Hall–Kier alpha value is -2.34. The van der Waals surface area contributed by atoms with Crippen molar-refractivity contribution >= 4 is 0 Å². The second-order valence-electron chi connectivity index (χ2n) is 5.56. The molecule has 0 bridgehead atoms. The smallest absolute Gasteiger partial charge is 0.330 e. The first-order chi connectivity index (χ1) is 11.5. The van der Waals surface area contributed by atoms with Gasteiger partial charge in [-0.15, -0.1) is 5.10 Å². The van der Waals surface area contributed by atoms with Gasteiger partial charge in [-0.2, -0.15) is 0 Å². The van der Waals surface area contributed by atoms with Crippen LogP contribution in [0.4, 0.5) is 0 Å². The molecule has 11 nitrogen and oxygen atoms in total. The van der Waals surface area contributed by atoms with Gasteiger partial charge in [0.2, 0.25) is 0 Å². The van der Waals surface area contributed by atoms with Gasteiger partial charge in [0.25, 0.3) is 5.56 Å². The number of aromatic nitrogens is 5. The summed E-state index contributed by atoms with van der Waals surface area (Å²) < 4.78 is 7.98. The number of aryl methyl sites for hydroxylation is 1. The van der Waals surface area contributed by atoms with E-state index >= 15 is 0 Å². The standard InChI is InChI=1S/C13H17N5O6/c1-6-2-17(13(23)14-11(6)22)12-9(10(21)8(5-20)24-12)18-3-7(4-19)15-16-18/h2-3,8-10,12,19-21H,4-5H2,1H3,(H,14,22,23)/t8-,9-,10-,12-/m1/s1. The maximum Gasteiger partial charge on any atom is 0.330 e. The molecule has 3 heterocycles. The molecule has 4 N–H and O–H groups in total. The summed E-state index contributed by atoms with van der Waals surface area (Å²) >= 11 is 0. The fourth-order valence-electron chi connectivity index (χ4n) is 2.70. The summed E-state index contributed by atoms with van der Waals surface area (Å²) in [5.41, 5.74) is -0.672. The molecule has 0 aromatic carbocycles. The molecule has 24 heavy (non-hydrogen) atoms. The lowest BCUT2D eigenvalue weighted by Crippen LogP contribution is -2.37. The molecule has 0 radical (unpaired) electrons. The Labute approximate surface area is 134 Å². The first kappa shape index (κ1) is 16.5. The highest BCUT2D eigenvalue weighted by molar-refractivity contribution is 5.04. The summed E-state index contributed by atoms with van der Waals surface area (Å²) in [5, 5.41) is 36.5. The minimum atomic E-state index is -1.17. The van der Waals surface area contributed by atoms with E-state index in [0.29, 0.717) is 0 Å². The van der Waals surface area contributed by atoms with Crippen molar-refractivity contribution in [3.63, 3.8) is 0 Å². The molecule has 0 saturated carbocycles. The SMILES string of the molecule is Cc1cn([C@@H]2O[C@H](CO)[C@@H](O)[C@H]2n2cc(CO)nn2)c(=O)[nH]c1=O. The summed E-state index contributed by atoms with van der Waals surface area (Å²) in [6.45, 7) is 0.723. The molecular formula is C13H17N5O6. The van der Waals surface area contributed by atoms with E-state index in [2.05, 4.69) is 15.3 Å². The Morgan fingerprint density at radius 3 is 2.71 bits per heavy atom. The monoisotopic (exact) mass is 339 g/mol. The molecule has 1 aliphatic rings. The van der Waals surface area contributed by atoms with Crippen LogP contribution in [-0.4, -0.2) is 58.7 Å². The Kier molecular flexibility index (Phi) is 4.32. The number of nitrogens with one attached hydrogen (secondary N) is 1. The maximum atomic E-state index is 12.1. The fourth-order valence-corrected chi connectivity index (χ4v) is 2.70. The van der Waals surface area contributed by atoms with Gasteiger partial charge >= 0.3 is 5.69 Å². The molecule has 2 aromatic heterocycles. The number of hydrogen-bond donors (Lipinski definition) is 4. The van der Waals surface area contributed by atoms with Crippen molar-refractivity contribution in [3.8, 4) is 0 Å². The Bertz CT molecular complexity index is 842. The van der Waals surface area contributed by atoms with Crippen molar-refractivity contribution in [3.05, 3.63) is 44.5 Å². The zero-order valence-electron chi connectivity index (χ0n) is 12.7. The first-order valence-corrected chi connectivity index (χ1v) is 7.24. The molecule has 0 spiro atoms. The van der Waals surface area contributed by atoms with E-state index in [0.717, 1.165) is 4.57 Å². The highest BCUT2D eigenvalue weighted by atomic mass is 16.5. The van der Waals surface area contributed by atoms with Crippen LogP contribution in [0, 0.1) is 6.92 Å². The van der Waals surface area contributed by atoms with Crippen molar-refractivity contribution in [1.29, 1.82) is 0 Å². The summed E-state index contributed by atoms with van der Waals surface area (Å²) in [6.07, 6.45) is -0.412. The molecule has 0 amide bonds. The second kappa shape index (κ2) is 6.28. The van der Waals surface area contributed by atoms with E-state index in [-0.39, 0.29) is 17.9 Å². The molecule has 4 atom stereocenters. The van der Waals surface area contributed by atoms with Crippen LogP contribution in [0.1, 0.15) is 23.5 Å². The van der Waals surface area contributed by atoms with E-state index < -0.39 is 42.3 Å². The number of ether oxygens (including phenoxy) is 1. The van der Waals surface area contributed by atoms with Crippen molar-refractivity contribution in [1.82, 2.24) is 24.5 Å². The van der Waals surface area contributed by atoms with Crippen LogP contribution >= 0.6 is 0 Å². The number of aliphatic hydroxyl groups is 3. The zero-order chi connectivity index (χ0) is 17.4. The minimum absolute atomic E-state index is 0.276. The van der Waals surface area contributed by atoms with Crippen molar-refractivity contribution in [2.75, 3.05) is 6.61 Å². The maximum absolute atomic E-state index is 12.1. The van der Waals surface area contributed by atoms with Gasteiger partial charge in [-0.05, 0) is 6.92 Å². The molecule has 3 rings (SSSR count). The average molecular weight is 339 g/mol. The van der Waals surface area contributed by atoms with Crippen LogP contribution in [0.2, 0.25) is 0 Å². The second-order valence-corrected chi connectivity index (χ2v) is 5.56. The predicted octanol–water partition coefficient (Wildman–Crippen LogP) is -2.58. The van der Waals surface area contributed by atoms with E-state index in [4.69, 9.17) is 9.84 Å². The number of H-pyrrole nitrogens is 1. The van der Waals surface area contributed by atoms with Crippen LogP contribution in [0.15, 0.2) is 22.0 Å². The molecule has 1 aliphatic heterocycles. The number of aliphatic hydroxyl groups excluding tert-OH is 3. The molecule has 0 aliphatic carbocycles. The number of rotatable bonds is 4. The van der Waals surface area contributed by atoms with Crippen molar-refractivity contribution in [2.45, 2.75) is 38.0 Å². The van der Waals surface area contributed by atoms with Gasteiger partial charge in [-0.25, -0.2) is 9.48 Å². The van der Waals surface area contributed by atoms with Crippen LogP contribution in [0.25, 0.3) is 0 Å². The lowest BCUT2D eigenvalue weighted by Gasteiger charge is -2.21. The number of aromatic amines is 1. The Morgan fingerprint density at radius 2 is 2.08 bits per heavy atom. The molecule has 11 heteroatoms. The quantitative estimate of drug-likeness (QED) is 0.473. The topological polar surface area (TPSA) is 155 Å². The lowest BCUT2D eigenvalue weighted by atomic mass is 10.1. The van der Waals surface area contributed by atoms with Crippen molar-refractivity contribution < 1.29 is 20.1 Å². The van der Waals surface area contributed by atoms with Gasteiger partial charge in [0.05, 0.1) is 19.4 Å². The van der Waals surface area contributed by atoms with Gasteiger partial charge in [-0.3, -0.25) is 14.3 Å². The van der Waals surface area contributed by atoms with Gasteiger partial charge in [-0.1, -0.05) is 5.21 Å². The lowest BCUT2D eigenvalue weighted by molar-refractivity contribution is -0.0480. The van der Waals surface area contributed by atoms with Gasteiger partial charge in [0.1, 0.15) is 23.9 Å². The summed E-state index contributed by atoms with van der Waals surface area (Å²) in [5.74, 6) is 0. The van der Waals surface area contributed by atoms with Crippen LogP contribution in [0.3, 0.4) is 0 Å². The Balaban J connectivity index is 2.08. The van der Waals surface area contributed by atoms with Crippen molar-refractivity contribution in [2.24, 2.45) is 0 Å². The fraction of sp³-hybridized carbons (Fsp3) is 0.538. The summed E-state index contributed by atoms with van der Waals surface area (Å²) in [7, 11) is 0.